The van der Waals surface area contributed by atoms with Gasteiger partial charge in [0.2, 0.25) is 0 Å². The topological polar surface area (TPSA) is 26.3 Å². The fourth-order valence-electron chi connectivity index (χ4n) is 1.95. The number of esters is 1. The fourth-order valence-corrected chi connectivity index (χ4v) is 2.46. The molecule has 1 saturated heterocycles. The van der Waals surface area contributed by atoms with Crippen molar-refractivity contribution in [2.45, 2.75) is 45.6 Å². The molecule has 0 radical (unpaired) electrons. The van der Waals surface area contributed by atoms with Gasteiger partial charge in [-0.15, -0.1) is 0 Å². The quantitative estimate of drug-likeness (QED) is 0.565. The van der Waals surface area contributed by atoms with E-state index in [0.29, 0.717) is 0 Å². The molecule has 0 aliphatic carbocycles. The molecule has 1 atom stereocenters. The van der Waals surface area contributed by atoms with Gasteiger partial charge >= 0.3 is 5.97 Å². The van der Waals surface area contributed by atoms with Crippen molar-refractivity contribution in [2.75, 3.05) is 5.33 Å². The number of rotatable bonds is 4. The SMILES string of the molecule is CCC1(CC)CC(CCBr)OC1=O. The minimum atomic E-state index is -0.174. The zero-order chi connectivity index (χ0) is 9.90. The Morgan fingerprint density at radius 1 is 1.54 bits per heavy atom. The van der Waals surface area contributed by atoms with Crippen LogP contribution in [-0.2, 0) is 9.53 Å². The Balaban J connectivity index is 2.63. The third-order valence-electron chi connectivity index (χ3n) is 3.11. The lowest BCUT2D eigenvalue weighted by molar-refractivity contribution is -0.149. The fraction of sp³-hybridized carbons (Fsp3) is 0.900. The van der Waals surface area contributed by atoms with Crippen molar-refractivity contribution in [3.8, 4) is 0 Å². The molecule has 2 nitrogen and oxygen atoms in total. The summed E-state index contributed by atoms with van der Waals surface area (Å²) in [5.74, 6) is 0.0171. The summed E-state index contributed by atoms with van der Waals surface area (Å²) in [5.41, 5.74) is -0.174. The lowest BCUT2D eigenvalue weighted by atomic mass is 9.79. The first kappa shape index (κ1) is 11.0. The summed E-state index contributed by atoms with van der Waals surface area (Å²) in [5, 5.41) is 0.911. The number of alkyl halides is 1. The molecule has 1 aliphatic heterocycles. The average molecular weight is 249 g/mol. The lowest BCUT2D eigenvalue weighted by Crippen LogP contribution is -2.24. The molecule has 1 unspecified atom stereocenters. The predicted octanol–water partition coefficient (Wildman–Crippen LogP) is 2.89. The maximum Gasteiger partial charge on any atom is 0.312 e. The van der Waals surface area contributed by atoms with Crippen LogP contribution in [0.5, 0.6) is 0 Å². The Morgan fingerprint density at radius 2 is 2.15 bits per heavy atom. The van der Waals surface area contributed by atoms with Gasteiger partial charge in [0, 0.05) is 11.8 Å². The summed E-state index contributed by atoms with van der Waals surface area (Å²) in [7, 11) is 0. The Labute approximate surface area is 88.2 Å². The molecule has 13 heavy (non-hydrogen) atoms. The predicted molar refractivity (Wildman–Crippen MR) is 55.9 cm³/mol. The van der Waals surface area contributed by atoms with Crippen molar-refractivity contribution in [2.24, 2.45) is 5.41 Å². The molecule has 0 amide bonds. The molecule has 0 aromatic heterocycles. The van der Waals surface area contributed by atoms with Crippen molar-refractivity contribution in [1.82, 2.24) is 0 Å². The summed E-state index contributed by atoms with van der Waals surface area (Å²) >= 11 is 3.37. The van der Waals surface area contributed by atoms with E-state index in [2.05, 4.69) is 29.8 Å². The van der Waals surface area contributed by atoms with E-state index in [0.717, 1.165) is 31.0 Å². The van der Waals surface area contributed by atoms with Gasteiger partial charge in [-0.1, -0.05) is 29.8 Å². The summed E-state index contributed by atoms with van der Waals surface area (Å²) in [6, 6.07) is 0. The van der Waals surface area contributed by atoms with Gasteiger partial charge in [0.1, 0.15) is 6.10 Å². The maximum atomic E-state index is 11.6. The molecule has 1 fully saturated rings. The van der Waals surface area contributed by atoms with Gasteiger partial charge in [-0.25, -0.2) is 0 Å². The molecule has 0 aromatic rings. The summed E-state index contributed by atoms with van der Waals surface area (Å²) < 4.78 is 5.33. The van der Waals surface area contributed by atoms with Gasteiger partial charge in [-0.2, -0.15) is 0 Å². The first-order valence-electron chi connectivity index (χ1n) is 4.95. The second-order valence-corrected chi connectivity index (χ2v) is 4.49. The van der Waals surface area contributed by atoms with E-state index in [1.807, 2.05) is 0 Å². The molecule has 0 aromatic carbocycles. The standard InChI is InChI=1S/C10H17BrO2/c1-3-10(4-2)7-8(5-6-11)13-9(10)12/h8H,3-7H2,1-2H3. The maximum absolute atomic E-state index is 11.6. The van der Waals surface area contributed by atoms with Gasteiger partial charge < -0.3 is 4.74 Å². The second-order valence-electron chi connectivity index (χ2n) is 3.70. The molecule has 3 heteroatoms. The third-order valence-corrected chi connectivity index (χ3v) is 3.57. The zero-order valence-corrected chi connectivity index (χ0v) is 9.89. The number of halogens is 1. The number of cyclic esters (lactones) is 1. The Hall–Kier alpha value is -0.0500. The van der Waals surface area contributed by atoms with Crippen LogP contribution in [0.15, 0.2) is 0 Å². The molecular formula is C10H17BrO2. The Kier molecular flexibility index (Phi) is 3.77. The van der Waals surface area contributed by atoms with Crippen molar-refractivity contribution in [3.63, 3.8) is 0 Å². The van der Waals surface area contributed by atoms with Gasteiger partial charge in [0.15, 0.2) is 0 Å². The largest absolute Gasteiger partial charge is 0.462 e. The highest BCUT2D eigenvalue weighted by molar-refractivity contribution is 9.09. The molecule has 0 N–H and O–H groups in total. The molecule has 76 valence electrons. The first-order chi connectivity index (χ1) is 6.18. The summed E-state index contributed by atoms with van der Waals surface area (Å²) in [6.45, 7) is 4.14. The normalized spacial score (nSPS) is 26.1. The van der Waals surface area contributed by atoms with Gasteiger partial charge in [0.05, 0.1) is 5.41 Å². The monoisotopic (exact) mass is 248 g/mol. The molecule has 1 rings (SSSR count). The minimum absolute atomic E-state index is 0.0171. The molecule has 0 bridgehead atoms. The van der Waals surface area contributed by atoms with E-state index in [1.54, 1.807) is 0 Å². The van der Waals surface area contributed by atoms with Gasteiger partial charge in [0.25, 0.3) is 0 Å². The number of hydrogen-bond acceptors (Lipinski definition) is 2. The van der Waals surface area contributed by atoms with E-state index >= 15 is 0 Å². The highest BCUT2D eigenvalue weighted by Crippen LogP contribution is 2.41. The summed E-state index contributed by atoms with van der Waals surface area (Å²) in [6.07, 6.45) is 3.80. The number of hydrogen-bond donors (Lipinski definition) is 0. The van der Waals surface area contributed by atoms with Crippen LogP contribution in [0, 0.1) is 5.41 Å². The third kappa shape index (κ3) is 2.06. The molecule has 1 heterocycles. The number of carbonyl (C=O) groups is 1. The van der Waals surface area contributed by atoms with Crippen LogP contribution in [0.4, 0.5) is 0 Å². The molecule has 0 spiro atoms. The number of carbonyl (C=O) groups excluding carboxylic acids is 1. The van der Waals surface area contributed by atoms with Crippen molar-refractivity contribution >= 4 is 21.9 Å². The van der Waals surface area contributed by atoms with Crippen LogP contribution in [0.3, 0.4) is 0 Å². The van der Waals surface area contributed by atoms with Crippen molar-refractivity contribution in [3.05, 3.63) is 0 Å². The van der Waals surface area contributed by atoms with Gasteiger partial charge in [-0.3, -0.25) is 4.79 Å². The van der Waals surface area contributed by atoms with E-state index in [9.17, 15) is 4.79 Å². The van der Waals surface area contributed by atoms with Crippen molar-refractivity contribution < 1.29 is 9.53 Å². The average Bonchev–Trinajstić information content (AvgIpc) is 2.44. The van der Waals surface area contributed by atoms with Crippen LogP contribution in [0.1, 0.15) is 39.5 Å². The van der Waals surface area contributed by atoms with E-state index in [-0.39, 0.29) is 17.5 Å². The van der Waals surface area contributed by atoms with Crippen LogP contribution in [0.2, 0.25) is 0 Å². The second kappa shape index (κ2) is 4.45. The Morgan fingerprint density at radius 3 is 2.54 bits per heavy atom. The van der Waals surface area contributed by atoms with E-state index < -0.39 is 0 Å². The van der Waals surface area contributed by atoms with Crippen molar-refractivity contribution in [1.29, 1.82) is 0 Å². The summed E-state index contributed by atoms with van der Waals surface area (Å²) in [4.78, 5) is 11.6. The minimum Gasteiger partial charge on any atom is -0.462 e. The Bertz CT molecular complexity index is 187. The highest BCUT2D eigenvalue weighted by atomic mass is 79.9. The van der Waals surface area contributed by atoms with Crippen LogP contribution < -0.4 is 0 Å². The van der Waals surface area contributed by atoms with Crippen LogP contribution in [0.25, 0.3) is 0 Å². The molecule has 0 saturated carbocycles. The molecular weight excluding hydrogens is 232 g/mol. The first-order valence-corrected chi connectivity index (χ1v) is 6.07. The lowest BCUT2D eigenvalue weighted by Gasteiger charge is -2.19. The smallest absolute Gasteiger partial charge is 0.312 e. The van der Waals surface area contributed by atoms with Crippen LogP contribution in [-0.4, -0.2) is 17.4 Å². The van der Waals surface area contributed by atoms with E-state index in [1.165, 1.54) is 0 Å². The van der Waals surface area contributed by atoms with Gasteiger partial charge in [-0.05, 0) is 19.3 Å². The number of ether oxygens (including phenoxy) is 1. The van der Waals surface area contributed by atoms with E-state index in [4.69, 9.17) is 4.74 Å². The highest BCUT2D eigenvalue weighted by Gasteiger charge is 2.45. The zero-order valence-electron chi connectivity index (χ0n) is 8.31. The van der Waals surface area contributed by atoms with Crippen LogP contribution >= 0.6 is 15.9 Å². The molecule has 1 aliphatic rings.